The summed E-state index contributed by atoms with van der Waals surface area (Å²) in [6.07, 6.45) is 80.6. The van der Waals surface area contributed by atoms with Gasteiger partial charge in [0.05, 0.1) is 18.8 Å². The van der Waals surface area contributed by atoms with Crippen molar-refractivity contribution in [3.63, 3.8) is 0 Å². The largest absolute Gasteiger partial charge is 0.394 e. The van der Waals surface area contributed by atoms with Crippen molar-refractivity contribution >= 4 is 5.91 Å². The van der Waals surface area contributed by atoms with Crippen molar-refractivity contribution in [1.82, 2.24) is 5.32 Å². The molecule has 0 heterocycles. The smallest absolute Gasteiger partial charge is 0.220 e. The summed E-state index contributed by atoms with van der Waals surface area (Å²) in [5, 5.41) is 23.1. The number of carbonyl (C=O) groups is 1. The van der Waals surface area contributed by atoms with Crippen LogP contribution in [0.25, 0.3) is 0 Å². The minimum Gasteiger partial charge on any atom is -0.394 e. The molecular formula is C61H111NO3. The third-order valence-electron chi connectivity index (χ3n) is 12.9. The summed E-state index contributed by atoms with van der Waals surface area (Å²) in [5.41, 5.74) is 0. The lowest BCUT2D eigenvalue weighted by molar-refractivity contribution is -0.123. The number of unbranched alkanes of at least 4 members (excludes halogenated alkanes) is 35. The lowest BCUT2D eigenvalue weighted by atomic mass is 10.0. The number of aliphatic hydroxyl groups excluding tert-OH is 2. The van der Waals surface area contributed by atoms with Gasteiger partial charge >= 0.3 is 0 Å². The number of carbonyl (C=O) groups excluding carboxylic acids is 1. The maximum atomic E-state index is 12.5. The minimum absolute atomic E-state index is 0.0769. The summed E-state index contributed by atoms with van der Waals surface area (Å²) in [6, 6.07) is -0.649. The predicted octanol–water partition coefficient (Wildman–Crippen LogP) is 19.0. The highest BCUT2D eigenvalue weighted by Crippen LogP contribution is 2.16. The van der Waals surface area contributed by atoms with Crippen LogP contribution in [0.15, 0.2) is 72.9 Å². The average molecular weight is 907 g/mol. The van der Waals surface area contributed by atoms with E-state index in [9.17, 15) is 15.0 Å². The van der Waals surface area contributed by atoms with Gasteiger partial charge in [-0.05, 0) is 83.5 Å². The second-order valence-electron chi connectivity index (χ2n) is 19.3. The van der Waals surface area contributed by atoms with Gasteiger partial charge in [-0.25, -0.2) is 0 Å². The number of nitrogens with one attached hydrogen (secondary N) is 1. The molecule has 4 nitrogen and oxygen atoms in total. The van der Waals surface area contributed by atoms with Gasteiger partial charge in [0.25, 0.3) is 0 Å². The summed E-state index contributed by atoms with van der Waals surface area (Å²) in [6.45, 7) is 4.30. The first-order chi connectivity index (χ1) is 32.2. The predicted molar refractivity (Wildman–Crippen MR) is 290 cm³/mol. The molecule has 0 aromatic heterocycles. The lowest BCUT2D eigenvalue weighted by Crippen LogP contribution is -2.45. The molecule has 65 heavy (non-hydrogen) atoms. The first-order valence-electron chi connectivity index (χ1n) is 28.7. The maximum absolute atomic E-state index is 12.5. The molecule has 2 unspecified atom stereocenters. The summed E-state index contributed by atoms with van der Waals surface area (Å²) in [4.78, 5) is 12.5. The van der Waals surface area contributed by atoms with Crippen molar-refractivity contribution in [3.8, 4) is 0 Å². The molecule has 0 fully saturated rings. The quantitative estimate of drug-likeness (QED) is 0.0421. The van der Waals surface area contributed by atoms with Crippen molar-refractivity contribution in [2.24, 2.45) is 0 Å². The molecule has 0 aliphatic heterocycles. The highest BCUT2D eigenvalue weighted by molar-refractivity contribution is 5.76. The van der Waals surface area contributed by atoms with Gasteiger partial charge < -0.3 is 15.5 Å². The zero-order valence-corrected chi connectivity index (χ0v) is 43.5. The van der Waals surface area contributed by atoms with Crippen LogP contribution in [-0.2, 0) is 4.79 Å². The number of hydrogen-bond acceptors (Lipinski definition) is 3. The molecule has 0 aromatic carbocycles. The average Bonchev–Trinajstić information content (AvgIpc) is 3.31. The molecule has 3 N–H and O–H groups in total. The first-order valence-corrected chi connectivity index (χ1v) is 28.7. The van der Waals surface area contributed by atoms with Crippen LogP contribution in [0.3, 0.4) is 0 Å². The normalized spacial score (nSPS) is 13.4. The fourth-order valence-corrected chi connectivity index (χ4v) is 8.51. The molecule has 0 saturated carbocycles. The summed E-state index contributed by atoms with van der Waals surface area (Å²) < 4.78 is 0. The van der Waals surface area contributed by atoms with Gasteiger partial charge in [0.2, 0.25) is 5.91 Å². The Morgan fingerprint density at radius 1 is 0.369 bits per heavy atom. The fourth-order valence-electron chi connectivity index (χ4n) is 8.51. The molecule has 0 rings (SSSR count). The van der Waals surface area contributed by atoms with Crippen molar-refractivity contribution in [3.05, 3.63) is 72.9 Å². The van der Waals surface area contributed by atoms with Crippen molar-refractivity contribution in [1.29, 1.82) is 0 Å². The van der Waals surface area contributed by atoms with E-state index in [2.05, 4.69) is 79.9 Å². The Morgan fingerprint density at radius 2 is 0.646 bits per heavy atom. The first kappa shape index (κ1) is 62.8. The highest BCUT2D eigenvalue weighted by Gasteiger charge is 2.18. The molecular weight excluding hydrogens is 795 g/mol. The zero-order chi connectivity index (χ0) is 47.0. The van der Waals surface area contributed by atoms with E-state index in [1.165, 1.54) is 218 Å². The Kier molecular flexibility index (Phi) is 54.3. The highest BCUT2D eigenvalue weighted by atomic mass is 16.3. The molecule has 0 radical (unpaired) electrons. The van der Waals surface area contributed by atoms with Crippen LogP contribution >= 0.6 is 0 Å². The van der Waals surface area contributed by atoms with Gasteiger partial charge in [0.1, 0.15) is 0 Å². The Bertz CT molecular complexity index is 1120. The second kappa shape index (κ2) is 56.2. The third kappa shape index (κ3) is 52.7. The summed E-state index contributed by atoms with van der Waals surface area (Å²) in [7, 11) is 0. The molecule has 0 saturated heterocycles. The van der Waals surface area contributed by atoms with E-state index < -0.39 is 12.1 Å². The second-order valence-corrected chi connectivity index (χ2v) is 19.3. The number of rotatable bonds is 52. The van der Waals surface area contributed by atoms with Crippen molar-refractivity contribution in [2.75, 3.05) is 6.61 Å². The topological polar surface area (TPSA) is 69.6 Å². The van der Waals surface area contributed by atoms with Crippen LogP contribution in [0.2, 0.25) is 0 Å². The molecule has 0 spiro atoms. The van der Waals surface area contributed by atoms with E-state index in [1.807, 2.05) is 6.08 Å². The Hall–Kier alpha value is -2.17. The van der Waals surface area contributed by atoms with Crippen LogP contribution in [0, 0.1) is 0 Å². The van der Waals surface area contributed by atoms with Gasteiger partial charge in [-0.2, -0.15) is 0 Å². The minimum atomic E-state index is -0.873. The van der Waals surface area contributed by atoms with Gasteiger partial charge in [-0.1, -0.05) is 273 Å². The van der Waals surface area contributed by atoms with Gasteiger partial charge in [0, 0.05) is 6.42 Å². The SMILES string of the molecule is CCCCCCC/C=C\C/C=C\C/C=C\CCCCCCCCCCCCCCCCCCC(=O)NC(CO)C(O)/C=C/CC/C=C/CC/C=C/CCCCCCCCCCCCCC. The van der Waals surface area contributed by atoms with E-state index >= 15 is 0 Å². The Labute approximate surface area is 406 Å². The van der Waals surface area contributed by atoms with E-state index in [0.29, 0.717) is 6.42 Å². The van der Waals surface area contributed by atoms with Crippen LogP contribution in [0.4, 0.5) is 0 Å². The molecule has 0 aliphatic carbocycles. The fraction of sp³-hybridized carbons (Fsp3) is 0.787. The zero-order valence-electron chi connectivity index (χ0n) is 43.5. The van der Waals surface area contributed by atoms with Gasteiger partial charge in [0.15, 0.2) is 0 Å². The molecule has 0 aliphatic rings. The third-order valence-corrected chi connectivity index (χ3v) is 12.9. The van der Waals surface area contributed by atoms with Crippen molar-refractivity contribution in [2.45, 2.75) is 302 Å². The van der Waals surface area contributed by atoms with E-state index in [-0.39, 0.29) is 12.5 Å². The van der Waals surface area contributed by atoms with Gasteiger partial charge in [-0.3, -0.25) is 4.79 Å². The summed E-state index contributed by atoms with van der Waals surface area (Å²) >= 11 is 0. The molecule has 4 heteroatoms. The van der Waals surface area contributed by atoms with Crippen LogP contribution in [-0.4, -0.2) is 34.9 Å². The molecule has 2 atom stereocenters. The number of aliphatic hydroxyl groups is 2. The van der Waals surface area contributed by atoms with Crippen molar-refractivity contribution < 1.29 is 15.0 Å². The maximum Gasteiger partial charge on any atom is 0.220 e. The van der Waals surface area contributed by atoms with E-state index in [0.717, 1.165) is 51.4 Å². The van der Waals surface area contributed by atoms with E-state index in [4.69, 9.17) is 0 Å². The van der Waals surface area contributed by atoms with Crippen LogP contribution in [0.1, 0.15) is 290 Å². The van der Waals surface area contributed by atoms with Crippen LogP contribution < -0.4 is 5.32 Å². The standard InChI is InChI=1S/C61H111NO3/c1-3-5-7-9-11-13-15-17-19-21-23-25-27-28-29-30-31-32-33-34-35-37-39-41-43-45-47-49-51-53-55-57-61(65)62-59(58-63)60(64)56-54-52-50-48-46-44-42-40-38-36-26-24-22-20-18-16-14-12-10-8-6-4-2/h15,17,21,23,27-28,38,40,46,48,54,56,59-60,63-64H,3-14,16,18-20,22,24-26,29-37,39,41-45,47,49-53,55,57-58H2,1-2H3,(H,62,65)/b17-15-,23-21-,28-27-,40-38+,48-46+,56-54+. The Morgan fingerprint density at radius 3 is 1.00 bits per heavy atom. The van der Waals surface area contributed by atoms with Crippen LogP contribution in [0.5, 0.6) is 0 Å². The van der Waals surface area contributed by atoms with Gasteiger partial charge in [-0.15, -0.1) is 0 Å². The monoisotopic (exact) mass is 906 g/mol. The molecule has 0 aromatic rings. The van der Waals surface area contributed by atoms with E-state index in [1.54, 1.807) is 6.08 Å². The molecule has 378 valence electrons. The molecule has 1 amide bonds. The summed E-state index contributed by atoms with van der Waals surface area (Å²) in [5.74, 6) is -0.0769. The Balaban J connectivity index is 3.55. The number of hydrogen-bond donors (Lipinski definition) is 3. The molecule has 0 bridgehead atoms. The number of amides is 1. The lowest BCUT2D eigenvalue weighted by Gasteiger charge is -2.19. The number of allylic oxidation sites excluding steroid dienone is 11.